The Balaban J connectivity index is 1.94. The molecular weight excluding hydrogens is 268 g/mol. The van der Waals surface area contributed by atoms with Crippen molar-refractivity contribution in [2.24, 2.45) is 5.84 Å². The molecule has 0 spiro atoms. The van der Waals surface area contributed by atoms with E-state index in [2.05, 4.69) is 41.1 Å². The van der Waals surface area contributed by atoms with Crippen molar-refractivity contribution in [3.8, 4) is 0 Å². The standard InChI is InChI=1S/C16H18N2OS/c1-10-7-14(11(2)19-10)15(18-17)8-12-9-20-16-6-4-3-5-13(12)16/h3-7,9,15,18H,8,17H2,1-2H3. The largest absolute Gasteiger partial charge is 0.466 e. The maximum Gasteiger partial charge on any atom is 0.105 e. The molecule has 0 aliphatic heterocycles. The van der Waals surface area contributed by atoms with Gasteiger partial charge in [0.2, 0.25) is 0 Å². The van der Waals surface area contributed by atoms with Gasteiger partial charge in [0.25, 0.3) is 0 Å². The highest BCUT2D eigenvalue weighted by molar-refractivity contribution is 7.17. The lowest BCUT2D eigenvalue weighted by atomic mass is 9.99. The summed E-state index contributed by atoms with van der Waals surface area (Å²) < 4.78 is 6.93. The number of nitrogens with two attached hydrogens (primary N) is 1. The quantitative estimate of drug-likeness (QED) is 0.565. The Bertz CT molecular complexity index is 729. The number of hydrogen-bond acceptors (Lipinski definition) is 4. The first-order valence-corrected chi connectivity index (χ1v) is 7.55. The predicted octanol–water partition coefficient (Wildman–Crippen LogP) is 3.86. The van der Waals surface area contributed by atoms with E-state index in [9.17, 15) is 0 Å². The van der Waals surface area contributed by atoms with Crippen molar-refractivity contribution < 1.29 is 4.42 Å². The summed E-state index contributed by atoms with van der Waals surface area (Å²) in [5, 5.41) is 3.53. The van der Waals surface area contributed by atoms with E-state index in [-0.39, 0.29) is 6.04 Å². The van der Waals surface area contributed by atoms with Crippen LogP contribution in [-0.2, 0) is 6.42 Å². The maximum absolute atomic E-state index is 5.76. The molecule has 0 fully saturated rings. The lowest BCUT2D eigenvalue weighted by molar-refractivity contribution is 0.485. The number of aryl methyl sites for hydroxylation is 2. The van der Waals surface area contributed by atoms with Gasteiger partial charge in [-0.25, -0.2) is 0 Å². The van der Waals surface area contributed by atoms with Gasteiger partial charge in [-0.05, 0) is 48.7 Å². The SMILES string of the molecule is Cc1cc(C(Cc2csc3ccccc23)NN)c(C)o1. The number of hydrazine groups is 1. The fraction of sp³-hybridized carbons (Fsp3) is 0.250. The molecule has 0 aliphatic rings. The Morgan fingerprint density at radius 2 is 2.10 bits per heavy atom. The second kappa shape index (κ2) is 5.40. The first-order valence-electron chi connectivity index (χ1n) is 6.67. The topological polar surface area (TPSA) is 51.2 Å². The summed E-state index contributed by atoms with van der Waals surface area (Å²) in [5.74, 6) is 7.61. The molecule has 0 aliphatic carbocycles. The van der Waals surface area contributed by atoms with Crippen molar-refractivity contribution in [2.45, 2.75) is 26.3 Å². The lowest BCUT2D eigenvalue weighted by Crippen LogP contribution is -2.29. The van der Waals surface area contributed by atoms with Crippen LogP contribution < -0.4 is 11.3 Å². The van der Waals surface area contributed by atoms with Gasteiger partial charge in [0.1, 0.15) is 11.5 Å². The highest BCUT2D eigenvalue weighted by atomic mass is 32.1. The van der Waals surface area contributed by atoms with Crippen molar-refractivity contribution in [2.75, 3.05) is 0 Å². The smallest absolute Gasteiger partial charge is 0.105 e. The highest BCUT2D eigenvalue weighted by Gasteiger charge is 2.18. The molecule has 20 heavy (non-hydrogen) atoms. The van der Waals surface area contributed by atoms with Crippen molar-refractivity contribution in [3.63, 3.8) is 0 Å². The van der Waals surface area contributed by atoms with Crippen molar-refractivity contribution in [1.29, 1.82) is 0 Å². The third kappa shape index (κ3) is 2.38. The molecule has 1 aromatic carbocycles. The van der Waals surface area contributed by atoms with E-state index in [0.29, 0.717) is 0 Å². The van der Waals surface area contributed by atoms with Crippen LogP contribution in [0.25, 0.3) is 10.1 Å². The molecular formula is C16H18N2OS. The van der Waals surface area contributed by atoms with E-state index in [1.807, 2.05) is 13.8 Å². The van der Waals surface area contributed by atoms with Gasteiger partial charge < -0.3 is 4.42 Å². The molecule has 1 atom stereocenters. The van der Waals surface area contributed by atoms with Crippen LogP contribution in [0.2, 0.25) is 0 Å². The van der Waals surface area contributed by atoms with Gasteiger partial charge in [0, 0.05) is 10.3 Å². The fourth-order valence-electron chi connectivity index (χ4n) is 2.67. The average molecular weight is 286 g/mol. The van der Waals surface area contributed by atoms with E-state index in [4.69, 9.17) is 10.3 Å². The zero-order chi connectivity index (χ0) is 14.1. The summed E-state index contributed by atoms with van der Waals surface area (Å²) in [6.07, 6.45) is 0.861. The van der Waals surface area contributed by atoms with Crippen LogP contribution in [0.15, 0.2) is 40.1 Å². The first-order chi connectivity index (χ1) is 9.69. The van der Waals surface area contributed by atoms with Crippen LogP contribution in [0, 0.1) is 13.8 Å². The number of furan rings is 1. The van der Waals surface area contributed by atoms with E-state index in [1.165, 1.54) is 15.6 Å². The second-order valence-electron chi connectivity index (χ2n) is 5.05. The Morgan fingerprint density at radius 3 is 2.80 bits per heavy atom. The van der Waals surface area contributed by atoms with Gasteiger partial charge in [-0.1, -0.05) is 18.2 Å². The first kappa shape index (κ1) is 13.4. The molecule has 0 bridgehead atoms. The minimum Gasteiger partial charge on any atom is -0.466 e. The number of rotatable bonds is 4. The summed E-state index contributed by atoms with van der Waals surface area (Å²) >= 11 is 1.78. The monoisotopic (exact) mass is 286 g/mol. The Hall–Kier alpha value is -1.62. The van der Waals surface area contributed by atoms with Crippen LogP contribution in [0.4, 0.5) is 0 Å². The third-order valence-corrected chi connectivity index (χ3v) is 4.65. The van der Waals surface area contributed by atoms with Crippen molar-refractivity contribution in [3.05, 3.63) is 58.4 Å². The number of hydrogen-bond donors (Lipinski definition) is 2. The Kier molecular flexibility index (Phi) is 3.61. The molecule has 104 valence electrons. The summed E-state index contributed by atoms with van der Waals surface area (Å²) in [6, 6.07) is 10.6. The predicted molar refractivity (Wildman–Crippen MR) is 83.8 cm³/mol. The molecule has 1 unspecified atom stereocenters. The third-order valence-electron chi connectivity index (χ3n) is 3.64. The highest BCUT2D eigenvalue weighted by Crippen LogP contribution is 2.30. The van der Waals surface area contributed by atoms with Crippen LogP contribution >= 0.6 is 11.3 Å². The molecule has 0 radical (unpaired) electrons. The normalized spacial score (nSPS) is 12.9. The molecule has 0 saturated heterocycles. The molecule has 2 aromatic heterocycles. The Morgan fingerprint density at radius 1 is 1.30 bits per heavy atom. The van der Waals surface area contributed by atoms with E-state index in [1.54, 1.807) is 11.3 Å². The van der Waals surface area contributed by atoms with Crippen LogP contribution in [0.5, 0.6) is 0 Å². The van der Waals surface area contributed by atoms with Crippen molar-refractivity contribution >= 4 is 21.4 Å². The van der Waals surface area contributed by atoms with E-state index in [0.717, 1.165) is 23.5 Å². The van der Waals surface area contributed by atoms with Crippen LogP contribution in [0.1, 0.15) is 28.7 Å². The minimum absolute atomic E-state index is 0.0745. The fourth-order valence-corrected chi connectivity index (χ4v) is 3.64. The molecule has 0 amide bonds. The number of benzene rings is 1. The zero-order valence-electron chi connectivity index (χ0n) is 11.6. The molecule has 0 saturated carbocycles. The molecule has 2 heterocycles. The Labute approximate surface area is 122 Å². The van der Waals surface area contributed by atoms with Gasteiger partial charge in [-0.2, -0.15) is 0 Å². The summed E-state index contributed by atoms with van der Waals surface area (Å²) in [4.78, 5) is 0. The number of nitrogens with one attached hydrogen (secondary N) is 1. The zero-order valence-corrected chi connectivity index (χ0v) is 12.5. The van der Waals surface area contributed by atoms with Crippen LogP contribution in [0.3, 0.4) is 0 Å². The summed E-state index contributed by atoms with van der Waals surface area (Å²) in [7, 11) is 0. The molecule has 3 aromatic rings. The summed E-state index contributed by atoms with van der Waals surface area (Å²) in [5.41, 5.74) is 5.39. The lowest BCUT2D eigenvalue weighted by Gasteiger charge is -2.14. The second-order valence-corrected chi connectivity index (χ2v) is 5.96. The maximum atomic E-state index is 5.76. The van der Waals surface area contributed by atoms with Gasteiger partial charge >= 0.3 is 0 Å². The summed E-state index contributed by atoms with van der Waals surface area (Å²) in [6.45, 7) is 3.95. The minimum atomic E-state index is 0.0745. The van der Waals surface area contributed by atoms with Crippen LogP contribution in [-0.4, -0.2) is 0 Å². The molecule has 3 N–H and O–H groups in total. The average Bonchev–Trinajstić information content (AvgIpc) is 3.00. The van der Waals surface area contributed by atoms with Gasteiger partial charge in [0.05, 0.1) is 6.04 Å². The van der Waals surface area contributed by atoms with Crippen molar-refractivity contribution in [1.82, 2.24) is 5.43 Å². The number of thiophene rings is 1. The van der Waals surface area contributed by atoms with E-state index < -0.39 is 0 Å². The molecule has 4 heteroatoms. The van der Waals surface area contributed by atoms with E-state index >= 15 is 0 Å². The van der Waals surface area contributed by atoms with Gasteiger partial charge in [-0.3, -0.25) is 11.3 Å². The van der Waals surface area contributed by atoms with Gasteiger partial charge in [0.15, 0.2) is 0 Å². The molecule has 3 nitrogen and oxygen atoms in total. The van der Waals surface area contributed by atoms with Gasteiger partial charge in [-0.15, -0.1) is 11.3 Å². The molecule has 3 rings (SSSR count). The number of fused-ring (bicyclic) bond motifs is 1.